The lowest BCUT2D eigenvalue weighted by atomic mass is 9.98. The predicted molar refractivity (Wildman–Crippen MR) is 94.2 cm³/mol. The number of halogens is 1. The number of nitrogens with zero attached hydrogens (tertiary/aromatic N) is 2. The summed E-state index contributed by atoms with van der Waals surface area (Å²) in [4.78, 5) is 23.1. The van der Waals surface area contributed by atoms with Crippen molar-refractivity contribution in [3.8, 4) is 16.9 Å². The number of hydrogen-bond donors (Lipinski definition) is 2. The first-order valence-electron chi connectivity index (χ1n) is 8.11. The molecule has 0 unspecified atom stereocenters. The minimum absolute atomic E-state index is 0.0793. The summed E-state index contributed by atoms with van der Waals surface area (Å²) in [7, 11) is 0. The van der Waals surface area contributed by atoms with Crippen LogP contribution in [0.3, 0.4) is 0 Å². The van der Waals surface area contributed by atoms with Crippen LogP contribution in [0.1, 0.15) is 15.9 Å². The fraction of sp³-hybridized carbons (Fsp3) is 0.105. The number of hydrogen-bond acceptors (Lipinski definition) is 4. The molecule has 0 atom stereocenters. The molecule has 0 bridgehead atoms. The lowest BCUT2D eigenvalue weighted by molar-refractivity contribution is -0.118. The highest BCUT2D eigenvalue weighted by atomic mass is 19.1. The van der Waals surface area contributed by atoms with Crippen LogP contribution in [0.15, 0.2) is 48.8 Å². The van der Waals surface area contributed by atoms with Crippen molar-refractivity contribution in [2.75, 3.05) is 11.9 Å². The molecule has 2 N–H and O–H groups in total. The molecule has 2 heterocycles. The zero-order valence-corrected chi connectivity index (χ0v) is 14.0. The van der Waals surface area contributed by atoms with Crippen molar-refractivity contribution in [3.05, 3.63) is 65.7 Å². The van der Waals surface area contributed by atoms with Crippen LogP contribution < -0.4 is 10.1 Å². The van der Waals surface area contributed by atoms with Crippen LogP contribution in [-0.4, -0.2) is 33.4 Å². The van der Waals surface area contributed by atoms with Crippen molar-refractivity contribution in [2.45, 2.75) is 6.54 Å². The second kappa shape index (κ2) is 6.56. The Balaban J connectivity index is 1.80. The highest BCUT2D eigenvalue weighted by Gasteiger charge is 2.24. The van der Waals surface area contributed by atoms with Crippen molar-refractivity contribution < 1.29 is 23.8 Å². The van der Waals surface area contributed by atoms with E-state index in [0.29, 0.717) is 12.1 Å². The minimum Gasteiger partial charge on any atom is -0.482 e. The summed E-state index contributed by atoms with van der Waals surface area (Å²) in [5.41, 5.74) is 1.31. The number of carbonyl (C=O) groups is 2. The predicted octanol–water partition coefficient (Wildman–Crippen LogP) is 2.77. The molecule has 3 aromatic rings. The lowest BCUT2D eigenvalue weighted by Crippen LogP contribution is -2.27. The van der Waals surface area contributed by atoms with E-state index in [0.717, 1.165) is 5.56 Å². The van der Waals surface area contributed by atoms with E-state index in [2.05, 4.69) is 10.4 Å². The van der Waals surface area contributed by atoms with Crippen molar-refractivity contribution in [1.82, 2.24) is 9.78 Å². The van der Waals surface area contributed by atoms with Gasteiger partial charge in [-0.3, -0.25) is 9.48 Å². The van der Waals surface area contributed by atoms with Gasteiger partial charge in [-0.15, -0.1) is 0 Å². The Kier molecular flexibility index (Phi) is 4.08. The standard InChI is InChI=1S/C19H14FN3O4/c20-15-3-2-11(9-23-5-1-4-21-23)6-13(15)12-7-14(19(25)26)18-16(8-12)27-10-17(24)22-18/h1-8H,9-10H2,(H,22,24)(H,25,26). The van der Waals surface area contributed by atoms with Gasteiger partial charge < -0.3 is 15.2 Å². The monoisotopic (exact) mass is 367 g/mol. The molecule has 1 aliphatic rings. The highest BCUT2D eigenvalue weighted by Crippen LogP contribution is 2.37. The summed E-state index contributed by atoms with van der Waals surface area (Å²) in [5, 5.41) is 16.1. The number of ether oxygens (including phenoxy) is 1. The molecule has 4 rings (SSSR count). The molecule has 1 amide bonds. The second-order valence-electron chi connectivity index (χ2n) is 6.06. The van der Waals surface area contributed by atoms with Gasteiger partial charge in [-0.25, -0.2) is 9.18 Å². The Labute approximate surface area is 153 Å². The third-order valence-electron chi connectivity index (χ3n) is 4.20. The second-order valence-corrected chi connectivity index (χ2v) is 6.06. The van der Waals surface area contributed by atoms with E-state index in [-0.39, 0.29) is 29.2 Å². The van der Waals surface area contributed by atoms with Gasteiger partial charge in [0.2, 0.25) is 0 Å². The van der Waals surface area contributed by atoms with Crippen molar-refractivity contribution in [1.29, 1.82) is 0 Å². The van der Waals surface area contributed by atoms with E-state index in [1.165, 1.54) is 18.2 Å². The molecular formula is C19H14FN3O4. The molecule has 1 aromatic heterocycles. The van der Waals surface area contributed by atoms with Crippen LogP contribution >= 0.6 is 0 Å². The van der Waals surface area contributed by atoms with Gasteiger partial charge >= 0.3 is 5.97 Å². The number of fused-ring (bicyclic) bond motifs is 1. The van der Waals surface area contributed by atoms with Crippen molar-refractivity contribution in [2.24, 2.45) is 0 Å². The van der Waals surface area contributed by atoms with Gasteiger partial charge in [0.05, 0.1) is 17.8 Å². The summed E-state index contributed by atoms with van der Waals surface area (Å²) in [5.74, 6) is -1.98. The van der Waals surface area contributed by atoms with Gasteiger partial charge in [0, 0.05) is 18.0 Å². The number of rotatable bonds is 4. The minimum atomic E-state index is -1.24. The third kappa shape index (κ3) is 3.24. The number of carboxylic acids is 1. The lowest BCUT2D eigenvalue weighted by Gasteiger charge is -2.21. The number of aromatic nitrogens is 2. The normalized spacial score (nSPS) is 12.9. The first kappa shape index (κ1) is 16.8. The fourth-order valence-electron chi connectivity index (χ4n) is 2.97. The number of aromatic carboxylic acids is 1. The summed E-state index contributed by atoms with van der Waals surface area (Å²) >= 11 is 0. The zero-order chi connectivity index (χ0) is 19.0. The van der Waals surface area contributed by atoms with Crippen molar-refractivity contribution >= 4 is 17.6 Å². The number of anilines is 1. The summed E-state index contributed by atoms with van der Waals surface area (Å²) in [6, 6.07) is 9.26. The van der Waals surface area contributed by atoms with E-state index in [4.69, 9.17) is 4.74 Å². The van der Waals surface area contributed by atoms with Gasteiger partial charge in [-0.2, -0.15) is 5.10 Å². The molecule has 0 radical (unpaired) electrons. The maximum Gasteiger partial charge on any atom is 0.337 e. The molecule has 7 nitrogen and oxygen atoms in total. The first-order chi connectivity index (χ1) is 13.0. The first-order valence-corrected chi connectivity index (χ1v) is 8.11. The number of carboxylic acid groups (broad SMARTS) is 1. The molecular weight excluding hydrogens is 353 g/mol. The molecule has 1 aliphatic heterocycles. The summed E-state index contributed by atoms with van der Waals surface area (Å²) in [6.45, 7) is 0.223. The van der Waals surface area contributed by atoms with Crippen LogP contribution in [0.2, 0.25) is 0 Å². The molecule has 136 valence electrons. The number of benzene rings is 2. The van der Waals surface area contributed by atoms with Crippen LogP contribution in [0.5, 0.6) is 5.75 Å². The largest absolute Gasteiger partial charge is 0.482 e. The summed E-state index contributed by atoms with van der Waals surface area (Å²) < 4.78 is 21.5. The molecule has 0 spiro atoms. The van der Waals surface area contributed by atoms with Crippen molar-refractivity contribution in [3.63, 3.8) is 0 Å². The molecule has 2 aromatic carbocycles. The quantitative estimate of drug-likeness (QED) is 0.740. The van der Waals surface area contributed by atoms with E-state index >= 15 is 0 Å². The Morgan fingerprint density at radius 2 is 2.19 bits per heavy atom. The molecule has 0 saturated heterocycles. The summed E-state index contributed by atoms with van der Waals surface area (Å²) in [6.07, 6.45) is 3.44. The van der Waals surface area contributed by atoms with Gasteiger partial charge in [0.15, 0.2) is 6.61 Å². The van der Waals surface area contributed by atoms with Gasteiger partial charge in [0.25, 0.3) is 5.91 Å². The van der Waals surface area contributed by atoms with Crippen LogP contribution in [0.25, 0.3) is 11.1 Å². The average molecular weight is 367 g/mol. The van der Waals surface area contributed by atoms with Crippen LogP contribution in [0, 0.1) is 5.82 Å². The smallest absolute Gasteiger partial charge is 0.337 e. The number of carbonyl (C=O) groups excluding carboxylic acids is 1. The number of amides is 1. The highest BCUT2D eigenvalue weighted by molar-refractivity contribution is 6.05. The fourth-order valence-corrected chi connectivity index (χ4v) is 2.97. The molecule has 8 heteroatoms. The molecule has 27 heavy (non-hydrogen) atoms. The van der Waals surface area contributed by atoms with E-state index < -0.39 is 17.7 Å². The average Bonchev–Trinajstić information content (AvgIpc) is 3.15. The Morgan fingerprint density at radius 1 is 1.33 bits per heavy atom. The molecule has 0 saturated carbocycles. The molecule has 0 fully saturated rings. The van der Waals surface area contributed by atoms with Gasteiger partial charge in [0.1, 0.15) is 11.6 Å². The Bertz CT molecular complexity index is 1050. The van der Waals surface area contributed by atoms with Crippen LogP contribution in [-0.2, 0) is 11.3 Å². The van der Waals surface area contributed by atoms with Crippen LogP contribution in [0.4, 0.5) is 10.1 Å². The SMILES string of the molecule is O=C1COc2cc(-c3cc(Cn4cccn4)ccc3F)cc(C(=O)O)c2N1. The maximum absolute atomic E-state index is 14.5. The Morgan fingerprint density at radius 3 is 2.93 bits per heavy atom. The topological polar surface area (TPSA) is 93.5 Å². The Hall–Kier alpha value is -3.68. The van der Waals surface area contributed by atoms with Gasteiger partial charge in [-0.05, 0) is 41.5 Å². The molecule has 0 aliphatic carbocycles. The number of nitrogens with one attached hydrogen (secondary N) is 1. The van der Waals surface area contributed by atoms with E-state index in [1.807, 2.05) is 0 Å². The van der Waals surface area contributed by atoms with E-state index in [1.54, 1.807) is 35.3 Å². The van der Waals surface area contributed by atoms with Gasteiger partial charge in [-0.1, -0.05) is 6.07 Å². The third-order valence-corrected chi connectivity index (χ3v) is 4.20. The zero-order valence-electron chi connectivity index (χ0n) is 14.0. The maximum atomic E-state index is 14.5. The van der Waals surface area contributed by atoms with E-state index in [9.17, 15) is 19.1 Å².